The Bertz CT molecular complexity index is 1550. The molecule has 0 spiro atoms. The van der Waals surface area contributed by atoms with Gasteiger partial charge in [0, 0.05) is 36.7 Å². The van der Waals surface area contributed by atoms with Gasteiger partial charge in [0.15, 0.2) is 11.4 Å². The van der Waals surface area contributed by atoms with E-state index in [0.29, 0.717) is 48.2 Å². The van der Waals surface area contributed by atoms with Crippen LogP contribution in [0.25, 0.3) is 21.8 Å². The van der Waals surface area contributed by atoms with Gasteiger partial charge in [-0.15, -0.1) is 20.5 Å². The predicted molar refractivity (Wildman–Crippen MR) is 163 cm³/mol. The van der Waals surface area contributed by atoms with Crippen LogP contribution in [0.2, 0.25) is 0 Å². The first-order chi connectivity index (χ1) is 20.8. The van der Waals surface area contributed by atoms with E-state index in [2.05, 4.69) is 20.5 Å². The second-order valence-electron chi connectivity index (χ2n) is 10.1. The molecule has 0 bridgehead atoms. The number of nitrogens with zero attached hydrogens (tertiary/aromatic N) is 6. The molecular formula is C31H38N6O6. The highest BCUT2D eigenvalue weighted by molar-refractivity contribution is 5.97. The van der Waals surface area contributed by atoms with Gasteiger partial charge in [-0.05, 0) is 63.1 Å². The summed E-state index contributed by atoms with van der Waals surface area (Å²) in [4.78, 5) is 24.7. The lowest BCUT2D eigenvalue weighted by Crippen LogP contribution is -1.94. The molecule has 43 heavy (non-hydrogen) atoms. The van der Waals surface area contributed by atoms with E-state index in [1.807, 2.05) is 26.0 Å². The maximum Gasteiger partial charge on any atom is 0.264 e. The summed E-state index contributed by atoms with van der Waals surface area (Å²) in [6, 6.07) is 10.8. The van der Waals surface area contributed by atoms with Crippen LogP contribution in [-0.4, -0.2) is 45.4 Å². The Hall–Kier alpha value is -4.74. The maximum atomic E-state index is 12.3. The zero-order valence-electron chi connectivity index (χ0n) is 25.0. The van der Waals surface area contributed by atoms with Crippen molar-refractivity contribution in [3.8, 4) is 23.3 Å². The first kappa shape index (κ1) is 31.2. The summed E-state index contributed by atoms with van der Waals surface area (Å²) in [5.41, 5.74) is 2.06. The number of fused-ring (bicyclic) bond motifs is 2. The summed E-state index contributed by atoms with van der Waals surface area (Å²) >= 11 is 0. The molecule has 0 fully saturated rings. The fourth-order valence-electron chi connectivity index (χ4n) is 5.09. The van der Waals surface area contributed by atoms with Crippen molar-refractivity contribution in [3.05, 3.63) is 36.4 Å². The van der Waals surface area contributed by atoms with Crippen LogP contribution in [-0.2, 0) is 22.7 Å². The number of amides is 2. The van der Waals surface area contributed by atoms with Crippen molar-refractivity contribution in [3.63, 3.8) is 0 Å². The molecule has 0 radical (unpaired) electrons. The first-order valence-corrected chi connectivity index (χ1v) is 14.5. The van der Waals surface area contributed by atoms with Crippen LogP contribution in [0.15, 0.2) is 56.9 Å². The molecule has 0 unspecified atom stereocenters. The molecular weight excluding hydrogens is 552 g/mol. The minimum atomic E-state index is -0.361. The molecule has 0 aliphatic heterocycles. The quantitative estimate of drug-likeness (QED) is 0.113. The molecule has 12 heteroatoms. The lowest BCUT2D eigenvalue weighted by atomic mass is 10.1. The predicted octanol–water partition coefficient (Wildman–Crippen LogP) is 7.72. The molecule has 0 aliphatic rings. The summed E-state index contributed by atoms with van der Waals surface area (Å²) in [5.74, 6) is 0.436. The van der Waals surface area contributed by atoms with Crippen LogP contribution in [0.1, 0.15) is 58.8 Å². The zero-order valence-corrected chi connectivity index (χ0v) is 25.0. The number of unbranched alkanes of at least 4 members (excludes halogenated alkanes) is 4. The summed E-state index contributed by atoms with van der Waals surface area (Å²) < 4.78 is 14.0. The molecule has 2 aromatic heterocycles. The number of methoxy groups -OCH3 is 2. The van der Waals surface area contributed by atoms with Gasteiger partial charge in [0.2, 0.25) is 11.8 Å². The van der Waals surface area contributed by atoms with Crippen LogP contribution < -0.4 is 9.47 Å². The summed E-state index contributed by atoms with van der Waals surface area (Å²) in [7, 11) is 3.12. The number of ether oxygens (including phenoxy) is 2. The van der Waals surface area contributed by atoms with Crippen molar-refractivity contribution in [2.75, 3.05) is 14.2 Å². The molecule has 4 aromatic rings. The largest absolute Gasteiger partial charge is 0.497 e. The third-order valence-electron chi connectivity index (χ3n) is 7.37. The van der Waals surface area contributed by atoms with Gasteiger partial charge in [0.05, 0.1) is 25.3 Å². The van der Waals surface area contributed by atoms with Gasteiger partial charge in [-0.1, -0.05) is 19.3 Å². The minimum Gasteiger partial charge on any atom is -0.497 e. The van der Waals surface area contributed by atoms with Gasteiger partial charge < -0.3 is 28.8 Å². The van der Waals surface area contributed by atoms with Crippen molar-refractivity contribution in [2.45, 2.75) is 71.9 Å². The van der Waals surface area contributed by atoms with E-state index in [1.165, 1.54) is 0 Å². The van der Waals surface area contributed by atoms with Gasteiger partial charge in [-0.2, -0.15) is 0 Å². The topological polar surface area (TPSA) is 152 Å². The lowest BCUT2D eigenvalue weighted by molar-refractivity contribution is -0.119. The third-order valence-corrected chi connectivity index (χ3v) is 7.37. The van der Waals surface area contributed by atoms with Gasteiger partial charge >= 0.3 is 0 Å². The molecule has 0 saturated heterocycles. The Morgan fingerprint density at radius 2 is 1.07 bits per heavy atom. The van der Waals surface area contributed by atoms with Crippen LogP contribution in [0, 0.1) is 0 Å². The number of aryl methyl sites for hydroxylation is 2. The highest BCUT2D eigenvalue weighted by atomic mass is 16.5. The van der Waals surface area contributed by atoms with Crippen molar-refractivity contribution in [1.29, 1.82) is 0 Å². The standard InChI is InChI=1S/C31H38N6O6/c1-5-36-24-16-14-20(42-3)18-22(24)28(30(36)40)34-32-26(38)12-10-8-7-9-11-13-27(39)33-35-29-23-19-21(43-4)15-17-25(23)37(6-2)31(29)41/h14-19,40-41H,5-13H2,1-4H3. The number of rotatable bonds is 14. The molecule has 228 valence electrons. The summed E-state index contributed by atoms with van der Waals surface area (Å²) in [6.07, 6.45) is 4.24. The van der Waals surface area contributed by atoms with Gasteiger partial charge in [0.1, 0.15) is 11.5 Å². The Balaban J connectivity index is 1.21. The molecule has 2 amide bonds. The van der Waals surface area contributed by atoms with Crippen molar-refractivity contribution in [1.82, 2.24) is 9.13 Å². The van der Waals surface area contributed by atoms with Crippen LogP contribution in [0.3, 0.4) is 0 Å². The molecule has 0 aliphatic carbocycles. The average molecular weight is 591 g/mol. The Morgan fingerprint density at radius 3 is 1.44 bits per heavy atom. The zero-order chi connectivity index (χ0) is 30.9. The van der Waals surface area contributed by atoms with Crippen LogP contribution in [0.5, 0.6) is 23.3 Å². The molecule has 2 heterocycles. The van der Waals surface area contributed by atoms with Crippen molar-refractivity contribution >= 4 is 45.0 Å². The normalized spacial score (nSPS) is 11.8. The SMILES string of the molecule is CCn1c(O)c(N=NC(=O)CCCCCCCC(=O)N=Nc2c(O)n(CC)c3ccc(OC)cc23)c2cc(OC)ccc21. The number of azo groups is 2. The number of carbonyl (C=O) groups is 2. The highest BCUT2D eigenvalue weighted by Crippen LogP contribution is 2.41. The lowest BCUT2D eigenvalue weighted by Gasteiger charge is -2.02. The molecule has 2 N–H and O–H groups in total. The summed E-state index contributed by atoms with van der Waals surface area (Å²) in [5, 5.41) is 38.3. The van der Waals surface area contributed by atoms with Gasteiger partial charge in [0.25, 0.3) is 11.8 Å². The second-order valence-corrected chi connectivity index (χ2v) is 10.1. The molecule has 12 nitrogen and oxygen atoms in total. The number of benzene rings is 2. The number of aromatic nitrogens is 2. The number of carbonyl (C=O) groups excluding carboxylic acids is 2. The molecule has 0 atom stereocenters. The van der Waals surface area contributed by atoms with Gasteiger partial charge in [-0.25, -0.2) is 0 Å². The molecule has 2 aromatic carbocycles. The maximum absolute atomic E-state index is 12.3. The summed E-state index contributed by atoms with van der Waals surface area (Å²) in [6.45, 7) is 4.89. The van der Waals surface area contributed by atoms with E-state index >= 15 is 0 Å². The second kappa shape index (κ2) is 14.4. The fourth-order valence-corrected chi connectivity index (χ4v) is 5.09. The van der Waals surface area contributed by atoms with Crippen LogP contribution >= 0.6 is 0 Å². The van der Waals surface area contributed by atoms with E-state index < -0.39 is 0 Å². The van der Waals surface area contributed by atoms with E-state index in [0.717, 1.165) is 30.3 Å². The van der Waals surface area contributed by atoms with Gasteiger partial charge in [-0.3, -0.25) is 9.59 Å². The molecule has 4 rings (SSSR count). The van der Waals surface area contributed by atoms with Crippen molar-refractivity contribution in [2.24, 2.45) is 20.5 Å². The Labute approximate surface area is 249 Å². The monoisotopic (exact) mass is 590 g/mol. The number of aromatic hydroxyl groups is 2. The minimum absolute atomic E-state index is 0.0406. The van der Waals surface area contributed by atoms with E-state index in [4.69, 9.17) is 9.47 Å². The first-order valence-electron chi connectivity index (χ1n) is 14.5. The van der Waals surface area contributed by atoms with Crippen molar-refractivity contribution < 1.29 is 29.3 Å². The van der Waals surface area contributed by atoms with E-state index in [9.17, 15) is 19.8 Å². The average Bonchev–Trinajstić information content (AvgIpc) is 3.45. The van der Waals surface area contributed by atoms with E-state index in [1.54, 1.807) is 47.6 Å². The van der Waals surface area contributed by atoms with E-state index in [-0.39, 0.29) is 47.8 Å². The Kier molecular flexibility index (Phi) is 10.5. The highest BCUT2D eigenvalue weighted by Gasteiger charge is 2.18. The number of hydrogen-bond donors (Lipinski definition) is 2. The number of hydrogen-bond acceptors (Lipinski definition) is 8. The smallest absolute Gasteiger partial charge is 0.264 e. The Morgan fingerprint density at radius 1 is 0.674 bits per heavy atom. The fraction of sp³-hybridized carbons (Fsp3) is 0.419. The third kappa shape index (κ3) is 7.02. The van der Waals surface area contributed by atoms with Crippen LogP contribution in [0.4, 0.5) is 11.4 Å². The molecule has 0 saturated carbocycles.